The van der Waals surface area contributed by atoms with Crippen LogP contribution in [0.4, 0.5) is 8.78 Å². The highest BCUT2D eigenvalue weighted by Gasteiger charge is 2.38. The van der Waals surface area contributed by atoms with Gasteiger partial charge in [0.2, 0.25) is 0 Å². The largest absolute Gasteiger partial charge is 0.388 e. The van der Waals surface area contributed by atoms with E-state index >= 15 is 0 Å². The summed E-state index contributed by atoms with van der Waals surface area (Å²) in [5, 5.41) is 10.6. The number of alkyl halides is 2. The second kappa shape index (κ2) is 5.97. The van der Waals surface area contributed by atoms with Crippen LogP contribution in [0.5, 0.6) is 0 Å². The Hall–Kier alpha value is -1.00. The van der Waals surface area contributed by atoms with Crippen LogP contribution in [-0.2, 0) is 0 Å². The van der Waals surface area contributed by atoms with Crippen LogP contribution in [0.1, 0.15) is 55.8 Å². The van der Waals surface area contributed by atoms with E-state index < -0.39 is 12.5 Å². The van der Waals surface area contributed by atoms with Gasteiger partial charge in [-0.25, -0.2) is 8.78 Å². The van der Waals surface area contributed by atoms with Gasteiger partial charge in [-0.15, -0.1) is 0 Å². The molecule has 0 bridgehead atoms. The van der Waals surface area contributed by atoms with Gasteiger partial charge in [0.25, 0.3) is 6.43 Å². The number of rotatable bonds is 4. The van der Waals surface area contributed by atoms with E-state index in [1.807, 2.05) is 0 Å². The summed E-state index contributed by atoms with van der Waals surface area (Å²) >= 11 is 0. The van der Waals surface area contributed by atoms with Crippen molar-refractivity contribution in [2.24, 2.45) is 11.1 Å². The lowest BCUT2D eigenvalue weighted by Crippen LogP contribution is -2.38. The van der Waals surface area contributed by atoms with E-state index in [1.165, 1.54) is 12.1 Å². The summed E-state index contributed by atoms with van der Waals surface area (Å²) in [6.45, 7) is 0.396. The fourth-order valence-electron chi connectivity index (χ4n) is 3.06. The van der Waals surface area contributed by atoms with Crippen molar-refractivity contribution in [3.8, 4) is 0 Å². The minimum Gasteiger partial charge on any atom is -0.388 e. The average Bonchev–Trinajstić information content (AvgIpc) is 2.47. The van der Waals surface area contributed by atoms with Gasteiger partial charge in [-0.1, -0.05) is 37.5 Å². The topological polar surface area (TPSA) is 46.2 Å². The van der Waals surface area contributed by atoms with Crippen molar-refractivity contribution in [2.75, 3.05) is 6.54 Å². The van der Waals surface area contributed by atoms with E-state index in [-0.39, 0.29) is 11.0 Å². The van der Waals surface area contributed by atoms with Gasteiger partial charge in [-0.3, -0.25) is 0 Å². The zero-order valence-corrected chi connectivity index (χ0v) is 11.0. The summed E-state index contributed by atoms with van der Waals surface area (Å²) in [4.78, 5) is 0. The predicted octanol–water partition coefficient (Wildman–Crippen LogP) is 3.57. The second-order valence-electron chi connectivity index (χ2n) is 5.50. The van der Waals surface area contributed by atoms with Crippen LogP contribution in [-0.4, -0.2) is 11.7 Å². The van der Waals surface area contributed by atoms with Crippen LogP contribution < -0.4 is 5.73 Å². The lowest BCUT2D eigenvalue weighted by atomic mass is 9.68. The van der Waals surface area contributed by atoms with Crippen molar-refractivity contribution in [2.45, 2.75) is 44.6 Å². The molecule has 3 N–H and O–H groups in total. The molecule has 1 aromatic rings. The van der Waals surface area contributed by atoms with Gasteiger partial charge in [-0.05, 0) is 24.5 Å². The molecule has 0 heterocycles. The summed E-state index contributed by atoms with van der Waals surface area (Å²) in [6.07, 6.45) is 1.72. The molecule has 19 heavy (non-hydrogen) atoms. The molecule has 1 aliphatic carbocycles. The molecule has 1 unspecified atom stereocenters. The van der Waals surface area contributed by atoms with Gasteiger partial charge in [0.1, 0.15) is 0 Å². The SMILES string of the molecule is NCC1(C(O)c2cccc(C(F)F)c2)CCCCC1. The van der Waals surface area contributed by atoms with Gasteiger partial charge in [0.05, 0.1) is 6.10 Å². The summed E-state index contributed by atoms with van der Waals surface area (Å²) in [6, 6.07) is 6.08. The molecule has 2 nitrogen and oxygen atoms in total. The standard InChI is InChI=1S/C15H21F2NO/c16-14(17)12-6-4-5-11(9-12)13(19)15(10-18)7-2-1-3-8-15/h4-6,9,13-14,19H,1-3,7-8,10,18H2. The Balaban J connectivity index is 2.26. The molecule has 2 rings (SSSR count). The third-order valence-electron chi connectivity index (χ3n) is 4.31. The number of benzene rings is 1. The van der Waals surface area contributed by atoms with Crippen LogP contribution >= 0.6 is 0 Å². The Bertz CT molecular complexity index is 416. The van der Waals surface area contributed by atoms with Crippen LogP contribution in [0.3, 0.4) is 0 Å². The molecular weight excluding hydrogens is 248 g/mol. The molecule has 0 saturated heterocycles. The molecule has 1 fully saturated rings. The van der Waals surface area contributed by atoms with Crippen LogP contribution in [0.2, 0.25) is 0 Å². The molecule has 1 saturated carbocycles. The Morgan fingerprint density at radius 2 is 1.79 bits per heavy atom. The van der Waals surface area contributed by atoms with E-state index in [0.717, 1.165) is 32.1 Å². The van der Waals surface area contributed by atoms with Crippen molar-refractivity contribution in [3.05, 3.63) is 35.4 Å². The normalized spacial score (nSPS) is 20.5. The van der Waals surface area contributed by atoms with E-state index in [1.54, 1.807) is 12.1 Å². The van der Waals surface area contributed by atoms with Gasteiger partial charge >= 0.3 is 0 Å². The fraction of sp³-hybridized carbons (Fsp3) is 0.600. The molecule has 0 radical (unpaired) electrons. The molecule has 4 heteroatoms. The van der Waals surface area contributed by atoms with E-state index in [9.17, 15) is 13.9 Å². The first-order valence-corrected chi connectivity index (χ1v) is 6.85. The smallest absolute Gasteiger partial charge is 0.263 e. The van der Waals surface area contributed by atoms with Gasteiger partial charge in [-0.2, -0.15) is 0 Å². The molecule has 106 valence electrons. The minimum absolute atomic E-state index is 0.0421. The van der Waals surface area contributed by atoms with Gasteiger partial charge in [0.15, 0.2) is 0 Å². The van der Waals surface area contributed by atoms with E-state index in [4.69, 9.17) is 5.73 Å². The highest BCUT2D eigenvalue weighted by Crippen LogP contribution is 2.45. The molecule has 0 spiro atoms. The maximum absolute atomic E-state index is 12.7. The average molecular weight is 269 g/mol. The Labute approximate surface area is 112 Å². The molecule has 1 atom stereocenters. The quantitative estimate of drug-likeness (QED) is 0.877. The number of nitrogens with two attached hydrogens (primary N) is 1. The maximum Gasteiger partial charge on any atom is 0.263 e. The number of hydrogen-bond donors (Lipinski definition) is 2. The monoisotopic (exact) mass is 269 g/mol. The van der Waals surface area contributed by atoms with Crippen LogP contribution in [0.15, 0.2) is 24.3 Å². The molecular formula is C15H21F2NO. The number of hydrogen-bond acceptors (Lipinski definition) is 2. The Morgan fingerprint density at radius 1 is 1.16 bits per heavy atom. The van der Waals surface area contributed by atoms with Crippen molar-refractivity contribution in [1.82, 2.24) is 0 Å². The third-order valence-corrected chi connectivity index (χ3v) is 4.31. The van der Waals surface area contributed by atoms with Gasteiger partial charge < -0.3 is 10.8 Å². The van der Waals surface area contributed by atoms with Crippen molar-refractivity contribution >= 4 is 0 Å². The maximum atomic E-state index is 12.7. The highest BCUT2D eigenvalue weighted by molar-refractivity contribution is 5.27. The molecule has 0 amide bonds. The summed E-state index contributed by atoms with van der Waals surface area (Å²) in [5.74, 6) is 0. The molecule has 1 aliphatic rings. The fourth-order valence-corrected chi connectivity index (χ4v) is 3.06. The van der Waals surface area contributed by atoms with Crippen LogP contribution in [0.25, 0.3) is 0 Å². The van der Waals surface area contributed by atoms with E-state index in [2.05, 4.69) is 0 Å². The number of halogens is 2. The first-order valence-electron chi connectivity index (χ1n) is 6.85. The number of aliphatic hydroxyl groups is 1. The van der Waals surface area contributed by atoms with Crippen LogP contribution in [0, 0.1) is 5.41 Å². The summed E-state index contributed by atoms with van der Waals surface area (Å²) < 4.78 is 25.4. The minimum atomic E-state index is -2.51. The molecule has 0 aromatic heterocycles. The molecule has 0 aliphatic heterocycles. The predicted molar refractivity (Wildman–Crippen MR) is 70.9 cm³/mol. The van der Waals surface area contributed by atoms with Crippen molar-refractivity contribution < 1.29 is 13.9 Å². The first-order chi connectivity index (χ1) is 9.09. The lowest BCUT2D eigenvalue weighted by Gasteiger charge is -2.40. The first kappa shape index (κ1) is 14.4. The Morgan fingerprint density at radius 3 is 2.37 bits per heavy atom. The summed E-state index contributed by atoms with van der Waals surface area (Å²) in [5.41, 5.74) is 6.04. The Kier molecular flexibility index (Phi) is 4.53. The van der Waals surface area contributed by atoms with E-state index in [0.29, 0.717) is 12.1 Å². The van der Waals surface area contributed by atoms with Crippen molar-refractivity contribution in [1.29, 1.82) is 0 Å². The summed E-state index contributed by atoms with van der Waals surface area (Å²) in [7, 11) is 0. The zero-order valence-electron chi connectivity index (χ0n) is 11.0. The highest BCUT2D eigenvalue weighted by atomic mass is 19.3. The van der Waals surface area contributed by atoms with Gasteiger partial charge in [0, 0.05) is 17.5 Å². The molecule has 1 aromatic carbocycles. The van der Waals surface area contributed by atoms with Crippen molar-refractivity contribution in [3.63, 3.8) is 0 Å². The zero-order chi connectivity index (χ0) is 13.9. The third kappa shape index (κ3) is 2.95. The second-order valence-corrected chi connectivity index (χ2v) is 5.50. The lowest BCUT2D eigenvalue weighted by molar-refractivity contribution is 0.000500. The number of aliphatic hydroxyl groups excluding tert-OH is 1.